The average molecular weight is 538 g/mol. The Hall–Kier alpha value is -3.88. The van der Waals surface area contributed by atoms with E-state index in [0.717, 1.165) is 11.4 Å². The first-order valence-corrected chi connectivity index (χ1v) is 13.3. The minimum absolute atomic E-state index is 0.0711. The van der Waals surface area contributed by atoms with Gasteiger partial charge in [-0.25, -0.2) is 0 Å². The summed E-state index contributed by atoms with van der Waals surface area (Å²) >= 11 is 0.251. The summed E-state index contributed by atoms with van der Waals surface area (Å²) in [6, 6.07) is 12.2. The third-order valence-electron chi connectivity index (χ3n) is 5.55. The molecule has 35 heavy (non-hydrogen) atoms. The average Bonchev–Trinajstić information content (AvgIpc) is 3.18. The first kappa shape index (κ1) is 24.3. The molecule has 3 aromatic rings. The normalized spacial score (nSPS) is 13.2. The Kier molecular flexibility index (Phi) is 7.04. The van der Waals surface area contributed by atoms with Crippen molar-refractivity contribution in [3.63, 3.8) is 0 Å². The van der Waals surface area contributed by atoms with Crippen molar-refractivity contribution in [1.82, 2.24) is 9.97 Å². The van der Waals surface area contributed by atoms with Crippen LogP contribution in [0, 0.1) is 5.82 Å². The van der Waals surface area contributed by atoms with E-state index in [1.165, 1.54) is 17.2 Å². The summed E-state index contributed by atoms with van der Waals surface area (Å²) in [4.78, 5) is 22.6. The van der Waals surface area contributed by atoms with E-state index in [9.17, 15) is 9.18 Å². The molecule has 2 aromatic carbocycles. The number of anilines is 6. The third kappa shape index (κ3) is 5.13. The number of aromatic nitrogens is 2. The molecule has 0 aliphatic carbocycles. The summed E-state index contributed by atoms with van der Waals surface area (Å²) < 4.78 is 16.8. The van der Waals surface area contributed by atoms with Crippen molar-refractivity contribution in [2.45, 2.75) is 18.7 Å². The Morgan fingerprint density at radius 1 is 1.20 bits per heavy atom. The van der Waals surface area contributed by atoms with E-state index < -0.39 is 5.82 Å². The summed E-state index contributed by atoms with van der Waals surface area (Å²) in [6.07, 6.45) is 2.50. The van der Waals surface area contributed by atoms with Crippen LogP contribution < -0.4 is 25.2 Å². The van der Waals surface area contributed by atoms with Gasteiger partial charge in [0, 0.05) is 12.1 Å². The number of hydrogen-bond acceptors (Lipinski definition) is 7. The number of hydrogen-bond donors (Lipinski definition) is 3. The molecule has 1 saturated heterocycles. The number of amides is 1. The Balaban J connectivity index is 1.68. The molecule has 10 heteroatoms. The first-order chi connectivity index (χ1) is 16.8. The van der Waals surface area contributed by atoms with Gasteiger partial charge in [-0.3, -0.25) is 4.79 Å². The Bertz CT molecular complexity index is 1300. The number of carbonyl (C=O) groups is 1. The molecule has 0 atom stereocenters. The molecule has 4 rings (SSSR count). The quantitative estimate of drug-likeness (QED) is 0.355. The van der Waals surface area contributed by atoms with Crippen LogP contribution in [0.4, 0.5) is 38.9 Å². The molecule has 1 aliphatic rings. The number of carbonyl (C=O) groups excluding carboxylic acids is 1. The van der Waals surface area contributed by atoms with Gasteiger partial charge in [-0.05, 0) is 6.42 Å². The number of halogens is 1. The van der Waals surface area contributed by atoms with Gasteiger partial charge in [0.15, 0.2) is 0 Å². The predicted octanol–water partition coefficient (Wildman–Crippen LogP) is 4.78. The minimum atomic E-state index is -0.506. The number of para-hydroxylation sites is 2. The fourth-order valence-electron chi connectivity index (χ4n) is 3.70. The maximum absolute atomic E-state index is 14.7. The first-order valence-electron chi connectivity index (χ1n) is 10.8. The van der Waals surface area contributed by atoms with Crippen molar-refractivity contribution in [3.05, 3.63) is 78.9 Å². The molecule has 1 amide bonds. The SMILES string of the molecule is C=C(N)c1cnc(Nc2cc(N3C(=C)CCC3=O)ccc2F)nc1Nc1ccccc1N(C)[Se]C. The number of nitrogens with two attached hydrogens (primary N) is 1. The molecule has 0 radical (unpaired) electrons. The fraction of sp³-hybridized carbons (Fsp3) is 0.160. The van der Waals surface area contributed by atoms with Gasteiger partial charge in [-0.15, -0.1) is 0 Å². The van der Waals surface area contributed by atoms with Crippen LogP contribution in [0.2, 0.25) is 5.82 Å². The summed E-state index contributed by atoms with van der Waals surface area (Å²) in [5.41, 5.74) is 10.0. The summed E-state index contributed by atoms with van der Waals surface area (Å²) in [5.74, 6) is 2.13. The number of rotatable bonds is 8. The van der Waals surface area contributed by atoms with Crippen LogP contribution in [0.15, 0.2) is 67.5 Å². The van der Waals surface area contributed by atoms with Crippen molar-refractivity contribution in [3.8, 4) is 0 Å². The second-order valence-electron chi connectivity index (χ2n) is 7.89. The van der Waals surface area contributed by atoms with Gasteiger partial charge >= 0.3 is 174 Å². The number of nitrogens with zero attached hydrogens (tertiary/aromatic N) is 4. The standard InChI is InChI=1S/C25H26FN7OSe/c1-15-9-12-23(34)33(15)17-10-11-19(26)21(13-17)30-25-28-14-18(16(2)27)24(31-25)29-20-7-5-6-8-22(20)32(3)35-4/h5-8,10-11,13-14H,1-2,9,12,27H2,3-4H3,(H2,28,29,30,31). The van der Waals surface area contributed by atoms with Crippen LogP contribution >= 0.6 is 0 Å². The summed E-state index contributed by atoms with van der Waals surface area (Å²) in [7, 11) is 2.02. The number of nitrogens with one attached hydrogen (secondary N) is 2. The summed E-state index contributed by atoms with van der Waals surface area (Å²) in [5, 5.41) is 6.25. The third-order valence-corrected chi connectivity index (χ3v) is 7.11. The molecule has 180 valence electrons. The molecule has 0 saturated carbocycles. The van der Waals surface area contributed by atoms with Gasteiger partial charge in [0.2, 0.25) is 5.91 Å². The molecule has 0 bridgehead atoms. The van der Waals surface area contributed by atoms with Crippen LogP contribution in [0.5, 0.6) is 0 Å². The fourth-order valence-corrected chi connectivity index (χ4v) is 4.45. The Morgan fingerprint density at radius 3 is 2.66 bits per heavy atom. The van der Waals surface area contributed by atoms with Gasteiger partial charge in [0.05, 0.1) is 0 Å². The number of allylic oxidation sites excluding steroid dienone is 1. The van der Waals surface area contributed by atoms with Crippen LogP contribution in [0.3, 0.4) is 0 Å². The molecule has 0 spiro atoms. The molecule has 8 nitrogen and oxygen atoms in total. The van der Waals surface area contributed by atoms with Crippen LogP contribution in [-0.2, 0) is 4.79 Å². The molecule has 0 unspecified atom stereocenters. The van der Waals surface area contributed by atoms with E-state index in [1.807, 2.05) is 31.3 Å². The molecular formula is C25H26FN7OSe. The second-order valence-corrected chi connectivity index (χ2v) is 9.80. The van der Waals surface area contributed by atoms with Crippen LogP contribution in [0.1, 0.15) is 18.4 Å². The topological polar surface area (TPSA) is 99.4 Å². The maximum atomic E-state index is 14.7. The van der Waals surface area contributed by atoms with Crippen molar-refractivity contribution >= 4 is 61.3 Å². The van der Waals surface area contributed by atoms with Crippen molar-refractivity contribution in [1.29, 1.82) is 0 Å². The van der Waals surface area contributed by atoms with E-state index >= 15 is 0 Å². The molecule has 1 aromatic heterocycles. The van der Waals surface area contributed by atoms with E-state index in [2.05, 4.69) is 43.5 Å². The zero-order valence-electron chi connectivity index (χ0n) is 19.5. The molecular weight excluding hydrogens is 512 g/mol. The van der Waals surface area contributed by atoms with E-state index in [0.29, 0.717) is 41.3 Å². The van der Waals surface area contributed by atoms with Crippen molar-refractivity contribution in [2.24, 2.45) is 5.73 Å². The molecule has 2 heterocycles. The monoisotopic (exact) mass is 539 g/mol. The summed E-state index contributed by atoms with van der Waals surface area (Å²) in [6.45, 7) is 7.76. The van der Waals surface area contributed by atoms with Crippen LogP contribution in [-0.4, -0.2) is 38.1 Å². The van der Waals surface area contributed by atoms with Gasteiger partial charge < -0.3 is 0 Å². The van der Waals surface area contributed by atoms with Crippen LogP contribution in [0.25, 0.3) is 5.70 Å². The van der Waals surface area contributed by atoms with Gasteiger partial charge in [0.1, 0.15) is 0 Å². The zero-order chi connectivity index (χ0) is 25.1. The Morgan fingerprint density at radius 2 is 1.97 bits per heavy atom. The predicted molar refractivity (Wildman–Crippen MR) is 141 cm³/mol. The Labute approximate surface area is 210 Å². The van der Waals surface area contributed by atoms with E-state index in [-0.39, 0.29) is 32.7 Å². The van der Waals surface area contributed by atoms with Crippen molar-refractivity contribution in [2.75, 3.05) is 26.5 Å². The molecule has 1 fully saturated rings. The van der Waals surface area contributed by atoms with E-state index in [1.54, 1.807) is 12.1 Å². The number of benzene rings is 2. The molecule has 4 N–H and O–H groups in total. The van der Waals surface area contributed by atoms with Gasteiger partial charge in [-0.1, -0.05) is 6.58 Å². The van der Waals surface area contributed by atoms with E-state index in [4.69, 9.17) is 5.73 Å². The van der Waals surface area contributed by atoms with Gasteiger partial charge in [-0.2, -0.15) is 0 Å². The van der Waals surface area contributed by atoms with Gasteiger partial charge in [0.25, 0.3) is 0 Å². The van der Waals surface area contributed by atoms with Crippen molar-refractivity contribution < 1.29 is 9.18 Å². The second kappa shape index (κ2) is 10.2. The molecule has 1 aliphatic heterocycles. The zero-order valence-corrected chi connectivity index (χ0v) is 21.2.